The molecule has 1 aliphatic heterocycles. The van der Waals surface area contributed by atoms with Gasteiger partial charge in [-0.05, 0) is 85.8 Å². The maximum absolute atomic E-state index is 12.8. The van der Waals surface area contributed by atoms with Crippen molar-refractivity contribution in [1.29, 1.82) is 0 Å². The molecule has 1 amide bonds. The van der Waals surface area contributed by atoms with Gasteiger partial charge in [0.05, 0.1) is 6.04 Å². The predicted octanol–water partition coefficient (Wildman–Crippen LogP) is 6.34. The lowest BCUT2D eigenvalue weighted by Gasteiger charge is -2.41. The van der Waals surface area contributed by atoms with Gasteiger partial charge in [0.15, 0.2) is 0 Å². The predicted molar refractivity (Wildman–Crippen MR) is 149 cm³/mol. The summed E-state index contributed by atoms with van der Waals surface area (Å²) >= 11 is 6.01. The number of nitrogens with zero attached hydrogens (tertiary/aromatic N) is 2. The molecule has 192 valence electrons. The maximum Gasteiger partial charge on any atom is 0.239 e. The summed E-state index contributed by atoms with van der Waals surface area (Å²) in [7, 11) is 0. The summed E-state index contributed by atoms with van der Waals surface area (Å²) in [5, 5.41) is 0.785. The van der Waals surface area contributed by atoms with Gasteiger partial charge in [-0.3, -0.25) is 4.79 Å². The van der Waals surface area contributed by atoms with Gasteiger partial charge in [-0.2, -0.15) is 0 Å². The summed E-state index contributed by atoms with van der Waals surface area (Å²) in [6.07, 6.45) is 5.94. The second-order valence-electron chi connectivity index (χ2n) is 11.0. The lowest BCUT2D eigenvalue weighted by atomic mass is 9.98. The Morgan fingerprint density at radius 3 is 2.00 bits per heavy atom. The molecule has 2 aromatic carbocycles. The molecule has 35 heavy (non-hydrogen) atoms. The minimum Gasteiger partial charge on any atom is -0.368 e. The fourth-order valence-corrected chi connectivity index (χ4v) is 5.08. The Bertz CT molecular complexity index is 902. The number of halogens is 1. The van der Waals surface area contributed by atoms with Crippen molar-refractivity contribution in [2.75, 3.05) is 24.5 Å². The van der Waals surface area contributed by atoms with E-state index in [-0.39, 0.29) is 11.9 Å². The van der Waals surface area contributed by atoms with Crippen LogP contribution in [0.4, 0.5) is 5.69 Å². The first-order chi connectivity index (χ1) is 16.7. The zero-order valence-electron chi connectivity index (χ0n) is 22.1. The molecule has 0 aliphatic carbocycles. The Labute approximate surface area is 217 Å². The molecule has 3 rings (SSSR count). The topological polar surface area (TPSA) is 49.6 Å². The molecule has 0 aromatic heterocycles. The van der Waals surface area contributed by atoms with E-state index < -0.39 is 0 Å². The normalized spacial score (nSPS) is 15.6. The maximum atomic E-state index is 12.8. The highest BCUT2D eigenvalue weighted by Crippen LogP contribution is 2.26. The van der Waals surface area contributed by atoms with Crippen molar-refractivity contribution in [3.05, 3.63) is 64.7 Å². The summed E-state index contributed by atoms with van der Waals surface area (Å²) in [4.78, 5) is 17.4. The monoisotopic (exact) mass is 497 g/mol. The largest absolute Gasteiger partial charge is 0.368 e. The number of piperidine rings is 1. The number of amides is 1. The van der Waals surface area contributed by atoms with E-state index >= 15 is 0 Å². The van der Waals surface area contributed by atoms with Crippen molar-refractivity contribution in [3.8, 4) is 0 Å². The van der Waals surface area contributed by atoms with Crippen LogP contribution in [0.2, 0.25) is 5.02 Å². The third-order valence-electron chi connectivity index (χ3n) is 7.09. The standard InChI is InChI=1S/C30H44ClN3O/c1-22(2)15-20-34(28-16-18-33(19-17-28)30(35)29(32)21-23(3)4)27-13-9-25(10-14-27)6-5-24-7-11-26(31)12-8-24/h7-14,22-23,28-29H,5-6,15-21,32H2,1-4H3/t29-/m1/s1. The van der Waals surface area contributed by atoms with Crippen LogP contribution in [-0.2, 0) is 17.6 Å². The van der Waals surface area contributed by atoms with Gasteiger partial charge in [0.2, 0.25) is 5.91 Å². The van der Waals surface area contributed by atoms with Gasteiger partial charge in [0.25, 0.3) is 0 Å². The van der Waals surface area contributed by atoms with Crippen molar-refractivity contribution in [2.45, 2.75) is 78.3 Å². The Balaban J connectivity index is 1.61. The first-order valence-electron chi connectivity index (χ1n) is 13.4. The van der Waals surface area contributed by atoms with E-state index in [2.05, 4.69) is 69.0 Å². The number of carbonyl (C=O) groups excluding carboxylic acids is 1. The first kappa shape index (κ1) is 27.5. The fraction of sp³-hybridized carbons (Fsp3) is 0.567. The quantitative estimate of drug-likeness (QED) is 0.394. The Morgan fingerprint density at radius 1 is 0.943 bits per heavy atom. The average molecular weight is 498 g/mol. The summed E-state index contributed by atoms with van der Waals surface area (Å²) in [6.45, 7) is 11.5. The number of benzene rings is 2. The third-order valence-corrected chi connectivity index (χ3v) is 7.34. The molecular weight excluding hydrogens is 454 g/mol. The van der Waals surface area contributed by atoms with Crippen LogP contribution in [0.5, 0.6) is 0 Å². The molecule has 0 saturated carbocycles. The summed E-state index contributed by atoms with van der Waals surface area (Å²) in [5.74, 6) is 1.22. The zero-order valence-corrected chi connectivity index (χ0v) is 22.8. The van der Waals surface area contributed by atoms with Gasteiger partial charge in [0.1, 0.15) is 0 Å². The van der Waals surface area contributed by atoms with Crippen molar-refractivity contribution < 1.29 is 4.79 Å². The van der Waals surface area contributed by atoms with Gasteiger partial charge >= 0.3 is 0 Å². The number of hydrogen-bond acceptors (Lipinski definition) is 3. The van der Waals surface area contributed by atoms with E-state index in [1.807, 2.05) is 17.0 Å². The van der Waals surface area contributed by atoms with Gasteiger partial charge in [-0.25, -0.2) is 0 Å². The number of carbonyl (C=O) groups is 1. The molecule has 1 aliphatic rings. The van der Waals surface area contributed by atoms with E-state index in [1.165, 1.54) is 16.8 Å². The third kappa shape index (κ3) is 8.54. The number of rotatable bonds is 11. The Kier molecular flexibility index (Phi) is 10.5. The Hall–Kier alpha value is -2.04. The van der Waals surface area contributed by atoms with E-state index in [0.29, 0.717) is 17.9 Å². The molecule has 2 aromatic rings. The molecule has 0 spiro atoms. The highest BCUT2D eigenvalue weighted by molar-refractivity contribution is 6.30. The van der Waals surface area contributed by atoms with E-state index in [1.54, 1.807) is 0 Å². The number of likely N-dealkylation sites (tertiary alicyclic amines) is 1. The number of nitrogens with two attached hydrogens (primary N) is 1. The zero-order chi connectivity index (χ0) is 25.4. The van der Waals surface area contributed by atoms with Crippen molar-refractivity contribution in [2.24, 2.45) is 17.6 Å². The highest BCUT2D eigenvalue weighted by Gasteiger charge is 2.29. The summed E-state index contributed by atoms with van der Waals surface area (Å²) in [6, 6.07) is 17.3. The SMILES string of the molecule is CC(C)CCN(c1ccc(CCc2ccc(Cl)cc2)cc1)C1CCN(C(=O)[C@H](N)CC(C)C)CC1. The second kappa shape index (κ2) is 13.3. The minimum atomic E-state index is -0.371. The summed E-state index contributed by atoms with van der Waals surface area (Å²) in [5.41, 5.74) is 10.1. The molecule has 1 fully saturated rings. The molecule has 0 bridgehead atoms. The average Bonchev–Trinajstić information content (AvgIpc) is 2.84. The van der Waals surface area contributed by atoms with Crippen molar-refractivity contribution >= 4 is 23.2 Å². The molecule has 0 unspecified atom stereocenters. The van der Waals surface area contributed by atoms with Crippen LogP contribution in [0.25, 0.3) is 0 Å². The lowest BCUT2D eigenvalue weighted by molar-refractivity contribution is -0.134. The van der Waals surface area contributed by atoms with Gasteiger partial charge in [-0.15, -0.1) is 0 Å². The van der Waals surface area contributed by atoms with Crippen LogP contribution >= 0.6 is 11.6 Å². The number of anilines is 1. The molecule has 1 saturated heterocycles. The molecule has 0 radical (unpaired) electrons. The first-order valence-corrected chi connectivity index (χ1v) is 13.7. The lowest BCUT2D eigenvalue weighted by Crippen LogP contribution is -2.51. The van der Waals surface area contributed by atoms with Crippen LogP contribution in [0.15, 0.2) is 48.5 Å². The fourth-order valence-electron chi connectivity index (χ4n) is 4.95. The molecular formula is C30H44ClN3O. The van der Waals surface area contributed by atoms with Gasteiger partial charge < -0.3 is 15.5 Å². The van der Waals surface area contributed by atoms with Gasteiger partial charge in [-0.1, -0.05) is 63.6 Å². The summed E-state index contributed by atoms with van der Waals surface area (Å²) < 4.78 is 0. The Morgan fingerprint density at radius 2 is 1.49 bits per heavy atom. The van der Waals surface area contributed by atoms with Crippen LogP contribution in [0, 0.1) is 11.8 Å². The smallest absolute Gasteiger partial charge is 0.239 e. The number of aryl methyl sites for hydroxylation is 2. The van der Waals surface area contributed by atoms with Crippen molar-refractivity contribution in [1.82, 2.24) is 4.90 Å². The van der Waals surface area contributed by atoms with Gasteiger partial charge in [0, 0.05) is 36.4 Å². The number of hydrogen-bond donors (Lipinski definition) is 1. The van der Waals surface area contributed by atoms with Crippen molar-refractivity contribution in [3.63, 3.8) is 0 Å². The highest BCUT2D eigenvalue weighted by atomic mass is 35.5. The minimum absolute atomic E-state index is 0.121. The second-order valence-corrected chi connectivity index (χ2v) is 11.4. The molecule has 4 nitrogen and oxygen atoms in total. The molecule has 1 atom stereocenters. The molecule has 1 heterocycles. The van der Waals surface area contributed by atoms with E-state index in [0.717, 1.165) is 63.2 Å². The van der Waals surface area contributed by atoms with Crippen LogP contribution in [0.1, 0.15) is 64.5 Å². The van der Waals surface area contributed by atoms with E-state index in [4.69, 9.17) is 17.3 Å². The van der Waals surface area contributed by atoms with E-state index in [9.17, 15) is 4.79 Å². The van der Waals surface area contributed by atoms with Crippen LogP contribution in [0.3, 0.4) is 0 Å². The van der Waals surface area contributed by atoms with Crippen LogP contribution < -0.4 is 10.6 Å². The van der Waals surface area contributed by atoms with Crippen LogP contribution in [-0.4, -0.2) is 42.5 Å². The molecule has 2 N–H and O–H groups in total. The molecule has 5 heteroatoms.